The zero-order valence-corrected chi connectivity index (χ0v) is 28.9. The molecular formula is C31H64N2O6S2. The number of benzene rings is 1. The minimum atomic E-state index is -3.92. The molecular weight excluding hydrogens is 560 g/mol. The van der Waals surface area contributed by atoms with Crippen LogP contribution in [0.2, 0.25) is 0 Å². The van der Waals surface area contributed by atoms with Crippen molar-refractivity contribution in [2.45, 2.75) is 130 Å². The van der Waals surface area contributed by atoms with Crippen molar-refractivity contribution >= 4 is 20.2 Å². The molecule has 0 saturated heterocycles. The van der Waals surface area contributed by atoms with Crippen LogP contribution in [-0.2, 0) is 26.8 Å². The van der Waals surface area contributed by atoms with E-state index in [1.807, 2.05) is 0 Å². The fourth-order valence-corrected chi connectivity index (χ4v) is 5.39. The smallest absolute Gasteiger partial charge is 0.104 e. The van der Waals surface area contributed by atoms with E-state index in [0.29, 0.717) is 12.8 Å². The summed E-state index contributed by atoms with van der Waals surface area (Å²) >= 11 is 0. The minimum Gasteiger partial charge on any atom is -0.748 e. The maximum atomic E-state index is 9.68. The summed E-state index contributed by atoms with van der Waals surface area (Å²) in [5.74, 6) is -0.486. The number of nitrogens with zero attached hydrogens (tertiary/aromatic N) is 1. The highest BCUT2D eigenvalue weighted by Crippen LogP contribution is 2.15. The summed E-state index contributed by atoms with van der Waals surface area (Å²) in [6, 6.07) is 10.9. The first kappa shape index (κ1) is 44.4. The van der Waals surface area contributed by atoms with Gasteiger partial charge in [-0.1, -0.05) is 128 Å². The van der Waals surface area contributed by atoms with Gasteiger partial charge < -0.3 is 19.7 Å². The highest BCUT2D eigenvalue weighted by atomic mass is 32.2. The lowest BCUT2D eigenvalue weighted by atomic mass is 10.0. The summed E-state index contributed by atoms with van der Waals surface area (Å²) in [6.45, 7) is 8.04. The molecule has 4 N–H and O–H groups in total. The standard InChI is InChI=1S/C25H46N.2C3H8O3S.H3N/c1-4-5-6-7-8-9-10-11-12-13-14-15-16-20-23-26(2,3)24-25-21-18-17-19-22-25;2*1-2-3-7(4,5)6;/h17-19,21-22H,4-16,20,23-24H2,1-3H3;2*2-3H2,1H3,(H,4,5,6);1H3/q+1;;;/p-1. The molecule has 0 spiro atoms. The highest BCUT2D eigenvalue weighted by molar-refractivity contribution is 7.85. The molecule has 1 aromatic carbocycles. The number of quaternary nitrogens is 2. The predicted octanol–water partition coefficient (Wildman–Crippen LogP) is 8.00. The quantitative estimate of drug-likeness (QED) is 0.0831. The van der Waals surface area contributed by atoms with Gasteiger partial charge in [-0.25, -0.2) is 16.8 Å². The number of hydrogen-bond acceptors (Lipinski definition) is 6. The fourth-order valence-electron chi connectivity index (χ4n) is 4.39. The van der Waals surface area contributed by atoms with E-state index >= 15 is 0 Å². The van der Waals surface area contributed by atoms with Crippen molar-refractivity contribution < 1.29 is 30.4 Å². The topological polar surface area (TPSA) is 151 Å². The summed E-state index contributed by atoms with van der Waals surface area (Å²) in [7, 11) is -3.11. The lowest BCUT2D eigenvalue weighted by Crippen LogP contribution is -2.39. The Bertz CT molecular complexity index is 858. The SMILES string of the molecule is CCCCCCCCCCCCCCCC[N+](C)(C)Cc1ccccc1.CCCS(=O)(=O)[O-].CCCS(=O)(=O)[O-].[NH4+]. The minimum absolute atomic E-state index is 0. The van der Waals surface area contributed by atoms with Crippen LogP contribution in [-0.4, -0.2) is 62.6 Å². The Kier molecular flexibility index (Phi) is 30.1. The molecule has 1 rings (SSSR count). The average molecular weight is 625 g/mol. The van der Waals surface area contributed by atoms with Crippen molar-refractivity contribution in [2.24, 2.45) is 0 Å². The number of unbranched alkanes of at least 4 members (excludes halogenated alkanes) is 13. The van der Waals surface area contributed by atoms with Gasteiger partial charge in [0.15, 0.2) is 0 Å². The maximum absolute atomic E-state index is 9.68. The van der Waals surface area contributed by atoms with Crippen molar-refractivity contribution in [1.29, 1.82) is 0 Å². The molecule has 0 amide bonds. The maximum Gasteiger partial charge on any atom is 0.104 e. The van der Waals surface area contributed by atoms with Crippen LogP contribution in [0.5, 0.6) is 0 Å². The van der Waals surface area contributed by atoms with E-state index in [1.165, 1.54) is 102 Å². The lowest BCUT2D eigenvalue weighted by molar-refractivity contribution is -0.903. The van der Waals surface area contributed by atoms with Gasteiger partial charge in [-0.15, -0.1) is 0 Å². The molecule has 0 aliphatic rings. The van der Waals surface area contributed by atoms with Crippen LogP contribution < -0.4 is 6.15 Å². The molecule has 41 heavy (non-hydrogen) atoms. The Morgan fingerprint density at radius 3 is 1.20 bits per heavy atom. The van der Waals surface area contributed by atoms with Crippen LogP contribution in [0.1, 0.15) is 129 Å². The van der Waals surface area contributed by atoms with Crippen molar-refractivity contribution in [3.8, 4) is 0 Å². The van der Waals surface area contributed by atoms with E-state index in [4.69, 9.17) is 0 Å². The van der Waals surface area contributed by atoms with Crippen LogP contribution >= 0.6 is 0 Å². The number of rotatable bonds is 21. The Morgan fingerprint density at radius 1 is 0.561 bits per heavy atom. The van der Waals surface area contributed by atoms with Gasteiger partial charge in [0.1, 0.15) is 6.54 Å². The van der Waals surface area contributed by atoms with E-state index in [2.05, 4.69) is 51.4 Å². The van der Waals surface area contributed by atoms with Crippen LogP contribution in [0, 0.1) is 0 Å². The summed E-state index contributed by atoms with van der Waals surface area (Å²) < 4.78 is 59.2. The van der Waals surface area contributed by atoms with E-state index in [1.54, 1.807) is 13.8 Å². The third kappa shape index (κ3) is 39.0. The second-order valence-corrected chi connectivity index (χ2v) is 14.5. The van der Waals surface area contributed by atoms with Gasteiger partial charge in [-0.05, 0) is 25.7 Å². The molecule has 0 aliphatic heterocycles. The summed E-state index contributed by atoms with van der Waals surface area (Å²) in [4.78, 5) is 0. The molecule has 1 aromatic rings. The second kappa shape index (κ2) is 27.8. The van der Waals surface area contributed by atoms with Gasteiger partial charge in [0.2, 0.25) is 0 Å². The molecule has 0 heterocycles. The van der Waals surface area contributed by atoms with E-state index in [0.717, 1.165) is 11.0 Å². The largest absolute Gasteiger partial charge is 0.748 e. The molecule has 8 nitrogen and oxygen atoms in total. The molecule has 0 fully saturated rings. The van der Waals surface area contributed by atoms with Crippen LogP contribution in [0.25, 0.3) is 0 Å². The molecule has 0 unspecified atom stereocenters. The predicted molar refractivity (Wildman–Crippen MR) is 173 cm³/mol. The van der Waals surface area contributed by atoms with Crippen LogP contribution in [0.15, 0.2) is 30.3 Å². The molecule has 0 saturated carbocycles. The van der Waals surface area contributed by atoms with Crippen molar-refractivity contribution in [3.63, 3.8) is 0 Å². The molecule has 10 heteroatoms. The first-order valence-corrected chi connectivity index (χ1v) is 18.6. The molecule has 0 aromatic heterocycles. The fraction of sp³-hybridized carbons (Fsp3) is 0.806. The Balaban J connectivity index is -0.000000793. The molecule has 0 atom stereocenters. The third-order valence-corrected chi connectivity index (χ3v) is 8.30. The van der Waals surface area contributed by atoms with Gasteiger partial charge in [0, 0.05) is 17.1 Å². The van der Waals surface area contributed by atoms with Crippen LogP contribution in [0.4, 0.5) is 0 Å². The number of hydrogen-bond donors (Lipinski definition) is 1. The van der Waals surface area contributed by atoms with Gasteiger partial charge >= 0.3 is 0 Å². The molecule has 0 bridgehead atoms. The summed E-state index contributed by atoms with van der Waals surface area (Å²) in [5.41, 5.74) is 1.46. The normalized spacial score (nSPS) is 11.5. The summed E-state index contributed by atoms with van der Waals surface area (Å²) in [6.07, 6.45) is 21.0. The average Bonchev–Trinajstić information content (AvgIpc) is 2.84. The van der Waals surface area contributed by atoms with Gasteiger partial charge in [0.05, 0.1) is 40.9 Å². The molecule has 0 radical (unpaired) electrons. The third-order valence-electron chi connectivity index (χ3n) is 6.48. The Hall–Kier alpha value is -1.04. The van der Waals surface area contributed by atoms with Gasteiger partial charge in [-0.3, -0.25) is 0 Å². The van der Waals surface area contributed by atoms with Gasteiger partial charge in [-0.2, -0.15) is 0 Å². The molecule has 246 valence electrons. The van der Waals surface area contributed by atoms with Crippen molar-refractivity contribution in [1.82, 2.24) is 6.15 Å². The van der Waals surface area contributed by atoms with Crippen molar-refractivity contribution in [3.05, 3.63) is 35.9 Å². The van der Waals surface area contributed by atoms with Gasteiger partial charge in [0.25, 0.3) is 0 Å². The first-order valence-electron chi connectivity index (χ1n) is 15.5. The lowest BCUT2D eigenvalue weighted by Gasteiger charge is -2.30. The van der Waals surface area contributed by atoms with E-state index in [9.17, 15) is 25.9 Å². The Labute approximate surface area is 254 Å². The van der Waals surface area contributed by atoms with Crippen molar-refractivity contribution in [2.75, 3.05) is 32.1 Å². The zero-order valence-electron chi connectivity index (χ0n) is 27.2. The second-order valence-electron chi connectivity index (χ2n) is 11.4. The first-order chi connectivity index (χ1) is 18.8. The Morgan fingerprint density at radius 2 is 0.902 bits per heavy atom. The van der Waals surface area contributed by atoms with Crippen LogP contribution in [0.3, 0.4) is 0 Å². The van der Waals surface area contributed by atoms with E-state index in [-0.39, 0.29) is 17.7 Å². The molecule has 0 aliphatic carbocycles. The monoisotopic (exact) mass is 624 g/mol. The summed E-state index contributed by atoms with van der Waals surface area (Å²) in [5, 5.41) is 0. The zero-order chi connectivity index (χ0) is 30.8. The highest BCUT2D eigenvalue weighted by Gasteiger charge is 2.14. The van der Waals surface area contributed by atoms with E-state index < -0.39 is 20.2 Å².